The minimum Gasteiger partial charge on any atom is -0.326 e. The van der Waals surface area contributed by atoms with Crippen LogP contribution in [0, 0.1) is 11.6 Å². The molecule has 1 aliphatic rings. The Morgan fingerprint density at radius 1 is 1.07 bits per heavy atom. The number of rotatable bonds is 3. The smallest absolute Gasteiger partial charge is 0.258 e. The Bertz CT molecular complexity index is 1260. The van der Waals surface area contributed by atoms with E-state index in [1.54, 1.807) is 0 Å². The lowest BCUT2D eigenvalue weighted by atomic mass is 10.1. The van der Waals surface area contributed by atoms with Gasteiger partial charge in [-0.25, -0.2) is 18.7 Å². The molecule has 5 rings (SSSR count). The molecule has 0 atom stereocenters. The van der Waals surface area contributed by atoms with Gasteiger partial charge in [-0.2, -0.15) is 0 Å². The first-order chi connectivity index (χ1) is 13.1. The van der Waals surface area contributed by atoms with Crippen LogP contribution in [-0.2, 0) is 19.4 Å². The first-order valence-electron chi connectivity index (χ1n) is 8.61. The van der Waals surface area contributed by atoms with Crippen LogP contribution in [0.3, 0.4) is 0 Å². The van der Waals surface area contributed by atoms with E-state index in [0.717, 1.165) is 35.8 Å². The molecule has 7 heteroatoms. The number of fused-ring (bicyclic) bond motifs is 4. The van der Waals surface area contributed by atoms with E-state index >= 15 is 0 Å². The fourth-order valence-electron chi connectivity index (χ4n) is 3.53. The molecule has 0 bridgehead atoms. The van der Waals surface area contributed by atoms with Crippen LogP contribution in [0.15, 0.2) is 47.4 Å². The van der Waals surface area contributed by atoms with Gasteiger partial charge in [0.05, 0.1) is 16.6 Å². The fourth-order valence-corrected chi connectivity index (χ4v) is 3.53. The molecular weight excluding hydrogens is 350 g/mol. The molecule has 2 aromatic carbocycles. The lowest BCUT2D eigenvalue weighted by Gasteiger charge is -2.03. The second kappa shape index (κ2) is 5.84. The summed E-state index contributed by atoms with van der Waals surface area (Å²) in [6.07, 6.45) is 3.03. The summed E-state index contributed by atoms with van der Waals surface area (Å²) in [5.74, 6) is -0.712. The van der Waals surface area contributed by atoms with Crippen LogP contribution in [0.2, 0.25) is 0 Å². The molecule has 0 spiro atoms. The number of aromatic nitrogens is 4. The van der Waals surface area contributed by atoms with Crippen LogP contribution >= 0.6 is 0 Å². The van der Waals surface area contributed by atoms with Gasteiger partial charge in [-0.3, -0.25) is 4.79 Å². The molecule has 27 heavy (non-hydrogen) atoms. The number of halogens is 2. The molecular formula is C20H14F2N4O. The zero-order valence-corrected chi connectivity index (χ0v) is 14.2. The largest absolute Gasteiger partial charge is 0.326 e. The normalized spacial score (nSPS) is 12.4. The van der Waals surface area contributed by atoms with Gasteiger partial charge in [0.1, 0.15) is 11.6 Å². The van der Waals surface area contributed by atoms with E-state index in [-0.39, 0.29) is 10.9 Å². The van der Waals surface area contributed by atoms with E-state index in [9.17, 15) is 13.6 Å². The maximum Gasteiger partial charge on any atom is 0.258 e. The first-order valence-corrected chi connectivity index (χ1v) is 8.61. The van der Waals surface area contributed by atoms with E-state index < -0.39 is 17.2 Å². The molecule has 2 aromatic heterocycles. The van der Waals surface area contributed by atoms with E-state index in [1.807, 2.05) is 18.3 Å². The summed E-state index contributed by atoms with van der Waals surface area (Å²) >= 11 is 0. The number of aryl methyl sites for hydroxylation is 2. The monoisotopic (exact) mass is 364 g/mol. The van der Waals surface area contributed by atoms with E-state index in [2.05, 4.69) is 26.7 Å². The van der Waals surface area contributed by atoms with Gasteiger partial charge in [0.15, 0.2) is 11.6 Å². The van der Waals surface area contributed by atoms with Crippen molar-refractivity contribution in [3.05, 3.63) is 81.7 Å². The Kier molecular flexibility index (Phi) is 3.43. The van der Waals surface area contributed by atoms with Crippen LogP contribution in [0.1, 0.15) is 17.1 Å². The van der Waals surface area contributed by atoms with Crippen LogP contribution in [0.25, 0.3) is 22.3 Å². The van der Waals surface area contributed by atoms with Gasteiger partial charge in [0, 0.05) is 30.8 Å². The van der Waals surface area contributed by atoms with E-state index in [0.29, 0.717) is 18.7 Å². The third kappa shape index (κ3) is 2.63. The van der Waals surface area contributed by atoms with Gasteiger partial charge in [0.25, 0.3) is 5.56 Å². The Morgan fingerprint density at radius 3 is 2.78 bits per heavy atom. The van der Waals surface area contributed by atoms with Crippen molar-refractivity contribution in [3.63, 3.8) is 0 Å². The average Bonchev–Trinajstić information content (AvgIpc) is 3.19. The summed E-state index contributed by atoms with van der Waals surface area (Å²) in [5, 5.41) is 0.0372. The molecule has 0 saturated heterocycles. The van der Waals surface area contributed by atoms with Gasteiger partial charge < -0.3 is 9.55 Å². The quantitative estimate of drug-likeness (QED) is 0.535. The van der Waals surface area contributed by atoms with Gasteiger partial charge in [0.2, 0.25) is 0 Å². The number of H-pyrrole nitrogens is 1. The van der Waals surface area contributed by atoms with Crippen molar-refractivity contribution in [3.8, 4) is 11.4 Å². The lowest BCUT2D eigenvalue weighted by molar-refractivity contribution is 0.510. The van der Waals surface area contributed by atoms with Crippen molar-refractivity contribution < 1.29 is 8.78 Å². The van der Waals surface area contributed by atoms with Crippen molar-refractivity contribution in [1.29, 1.82) is 0 Å². The van der Waals surface area contributed by atoms with Crippen LogP contribution in [0.4, 0.5) is 8.78 Å². The number of imidazole rings is 1. The Balaban J connectivity index is 1.42. The summed E-state index contributed by atoms with van der Waals surface area (Å²) in [7, 11) is 0. The summed E-state index contributed by atoms with van der Waals surface area (Å²) in [4.78, 5) is 23.7. The molecule has 1 N–H and O–H groups in total. The third-order valence-electron chi connectivity index (χ3n) is 4.84. The van der Waals surface area contributed by atoms with Gasteiger partial charge in [-0.05, 0) is 18.1 Å². The molecule has 0 unspecified atom stereocenters. The number of nitrogens with one attached hydrogen (secondary N) is 1. The molecule has 134 valence electrons. The van der Waals surface area contributed by atoms with E-state index in [1.165, 1.54) is 5.56 Å². The summed E-state index contributed by atoms with van der Waals surface area (Å²) < 4.78 is 28.9. The fraction of sp³-hybridized carbons (Fsp3) is 0.150. The zero-order chi connectivity index (χ0) is 18.5. The number of aromatic amines is 1. The molecule has 0 fully saturated rings. The third-order valence-corrected chi connectivity index (χ3v) is 4.84. The number of benzene rings is 2. The van der Waals surface area contributed by atoms with Crippen molar-refractivity contribution in [2.45, 2.75) is 19.4 Å². The highest BCUT2D eigenvalue weighted by atomic mass is 19.2. The molecule has 0 radical (unpaired) electrons. The zero-order valence-electron chi connectivity index (χ0n) is 14.2. The predicted molar refractivity (Wildman–Crippen MR) is 96.5 cm³/mol. The molecule has 0 saturated carbocycles. The summed E-state index contributed by atoms with van der Waals surface area (Å²) in [6.45, 7) is 0.800. The van der Waals surface area contributed by atoms with Gasteiger partial charge in [-0.15, -0.1) is 0 Å². The molecule has 0 aliphatic carbocycles. The minimum atomic E-state index is -1.06. The first kappa shape index (κ1) is 15.9. The van der Waals surface area contributed by atoms with Crippen molar-refractivity contribution in [2.75, 3.05) is 0 Å². The molecule has 5 nitrogen and oxygen atoms in total. The number of hydrogen-bond donors (Lipinski definition) is 1. The van der Waals surface area contributed by atoms with Crippen LogP contribution < -0.4 is 5.56 Å². The highest BCUT2D eigenvalue weighted by Crippen LogP contribution is 2.30. The lowest BCUT2D eigenvalue weighted by Crippen LogP contribution is -2.13. The Hall–Kier alpha value is -3.35. The standard InChI is InChI=1S/C20H14F2N4O/c21-15-7-14-17(8-16(15)22)24-18(25-20(14)27)6-5-12-10-26-9-11-3-1-2-4-13(11)19(26)23-12/h1-4,7-8,10H,5-6,9H2,(H,24,25,27). The predicted octanol–water partition coefficient (Wildman–Crippen LogP) is 3.21. The highest BCUT2D eigenvalue weighted by Gasteiger charge is 2.20. The van der Waals surface area contributed by atoms with Crippen molar-refractivity contribution >= 4 is 10.9 Å². The summed E-state index contributed by atoms with van der Waals surface area (Å²) in [5.41, 5.74) is 2.96. The maximum absolute atomic E-state index is 13.4. The Morgan fingerprint density at radius 2 is 1.89 bits per heavy atom. The molecule has 4 aromatic rings. The molecule has 3 heterocycles. The second-order valence-electron chi connectivity index (χ2n) is 6.64. The van der Waals surface area contributed by atoms with Crippen LogP contribution in [0.5, 0.6) is 0 Å². The van der Waals surface area contributed by atoms with E-state index in [4.69, 9.17) is 4.98 Å². The molecule has 1 aliphatic heterocycles. The SMILES string of the molecule is O=c1[nH]c(CCc2cn3c(n2)-c2ccccc2C3)nc2cc(F)c(F)cc12. The van der Waals surface area contributed by atoms with Gasteiger partial charge in [-0.1, -0.05) is 24.3 Å². The average molecular weight is 364 g/mol. The number of nitrogens with zero attached hydrogens (tertiary/aromatic N) is 3. The maximum atomic E-state index is 13.4. The van der Waals surface area contributed by atoms with Gasteiger partial charge >= 0.3 is 0 Å². The number of hydrogen-bond acceptors (Lipinski definition) is 3. The van der Waals surface area contributed by atoms with Crippen molar-refractivity contribution in [1.82, 2.24) is 19.5 Å². The van der Waals surface area contributed by atoms with Crippen LogP contribution in [-0.4, -0.2) is 19.5 Å². The Labute approximate surface area is 152 Å². The molecule has 0 amide bonds. The highest BCUT2D eigenvalue weighted by molar-refractivity contribution is 5.77. The minimum absolute atomic E-state index is 0.0372. The van der Waals surface area contributed by atoms with Crippen molar-refractivity contribution in [2.24, 2.45) is 0 Å². The second-order valence-corrected chi connectivity index (χ2v) is 6.64. The topological polar surface area (TPSA) is 63.6 Å². The summed E-state index contributed by atoms with van der Waals surface area (Å²) in [6, 6.07) is 9.98.